The SMILES string of the molecule is Cc1sc(-c2ccccc2CN)nc1-c1ccc(O)cc1. The highest BCUT2D eigenvalue weighted by molar-refractivity contribution is 7.15. The summed E-state index contributed by atoms with van der Waals surface area (Å²) in [4.78, 5) is 5.92. The lowest BCUT2D eigenvalue weighted by molar-refractivity contribution is 0.475. The Balaban J connectivity index is 2.07. The van der Waals surface area contributed by atoms with Gasteiger partial charge in [0.2, 0.25) is 0 Å². The van der Waals surface area contributed by atoms with Crippen LogP contribution in [0.5, 0.6) is 5.75 Å². The van der Waals surface area contributed by atoms with Gasteiger partial charge in [-0.2, -0.15) is 0 Å². The van der Waals surface area contributed by atoms with Gasteiger partial charge in [0, 0.05) is 22.5 Å². The maximum Gasteiger partial charge on any atom is 0.124 e. The van der Waals surface area contributed by atoms with Crippen LogP contribution in [-0.2, 0) is 6.54 Å². The molecule has 0 atom stereocenters. The van der Waals surface area contributed by atoms with Crippen molar-refractivity contribution in [3.8, 4) is 27.6 Å². The van der Waals surface area contributed by atoms with Crippen molar-refractivity contribution in [1.29, 1.82) is 0 Å². The van der Waals surface area contributed by atoms with Gasteiger partial charge >= 0.3 is 0 Å². The summed E-state index contributed by atoms with van der Waals surface area (Å²) in [6, 6.07) is 15.2. The van der Waals surface area contributed by atoms with Gasteiger partial charge in [-0.05, 0) is 36.8 Å². The van der Waals surface area contributed by atoms with Crippen LogP contribution in [-0.4, -0.2) is 10.1 Å². The van der Waals surface area contributed by atoms with E-state index in [1.54, 1.807) is 23.5 Å². The molecule has 21 heavy (non-hydrogen) atoms. The molecule has 0 bridgehead atoms. The van der Waals surface area contributed by atoms with Crippen LogP contribution in [0.3, 0.4) is 0 Å². The molecule has 0 aliphatic heterocycles. The second kappa shape index (κ2) is 5.68. The Kier molecular flexibility index (Phi) is 3.73. The van der Waals surface area contributed by atoms with E-state index >= 15 is 0 Å². The number of phenols is 1. The van der Waals surface area contributed by atoms with Gasteiger partial charge in [0.05, 0.1) is 5.69 Å². The number of phenolic OH excluding ortho intramolecular Hbond substituents is 1. The van der Waals surface area contributed by atoms with Crippen LogP contribution >= 0.6 is 11.3 Å². The zero-order valence-electron chi connectivity index (χ0n) is 11.7. The number of rotatable bonds is 3. The average molecular weight is 296 g/mol. The first kappa shape index (κ1) is 13.8. The van der Waals surface area contributed by atoms with Crippen LogP contribution in [0, 0.1) is 6.92 Å². The van der Waals surface area contributed by atoms with Crippen LogP contribution in [0.4, 0.5) is 0 Å². The van der Waals surface area contributed by atoms with E-state index in [9.17, 15) is 5.11 Å². The molecular formula is C17H16N2OS. The lowest BCUT2D eigenvalue weighted by atomic mass is 10.1. The first-order chi connectivity index (χ1) is 10.2. The fraction of sp³-hybridized carbons (Fsp3) is 0.118. The Hall–Kier alpha value is -2.17. The number of thiazole rings is 1. The Labute approximate surface area is 127 Å². The molecule has 2 aromatic carbocycles. The summed E-state index contributed by atoms with van der Waals surface area (Å²) < 4.78 is 0. The number of aromatic hydroxyl groups is 1. The zero-order valence-corrected chi connectivity index (χ0v) is 12.5. The first-order valence-electron chi connectivity index (χ1n) is 6.74. The molecule has 0 radical (unpaired) electrons. The van der Waals surface area contributed by atoms with Gasteiger partial charge in [-0.3, -0.25) is 0 Å². The minimum Gasteiger partial charge on any atom is -0.508 e. The first-order valence-corrected chi connectivity index (χ1v) is 7.56. The number of hydrogen-bond acceptors (Lipinski definition) is 4. The van der Waals surface area contributed by atoms with E-state index in [-0.39, 0.29) is 5.75 Å². The van der Waals surface area contributed by atoms with Crippen molar-refractivity contribution in [3.05, 3.63) is 59.0 Å². The molecule has 0 aliphatic rings. The number of benzene rings is 2. The molecule has 0 aliphatic carbocycles. The van der Waals surface area contributed by atoms with Crippen molar-refractivity contribution in [2.45, 2.75) is 13.5 Å². The van der Waals surface area contributed by atoms with Crippen molar-refractivity contribution in [1.82, 2.24) is 4.98 Å². The van der Waals surface area contributed by atoms with E-state index in [1.165, 1.54) is 0 Å². The van der Waals surface area contributed by atoms with Gasteiger partial charge in [-0.25, -0.2) is 4.98 Å². The van der Waals surface area contributed by atoms with E-state index in [0.29, 0.717) is 6.54 Å². The number of hydrogen-bond donors (Lipinski definition) is 2. The maximum absolute atomic E-state index is 9.39. The van der Waals surface area contributed by atoms with Crippen molar-refractivity contribution in [2.24, 2.45) is 5.73 Å². The molecule has 1 aromatic heterocycles. The van der Waals surface area contributed by atoms with Gasteiger partial charge in [0.25, 0.3) is 0 Å². The van der Waals surface area contributed by atoms with Crippen LogP contribution in [0.15, 0.2) is 48.5 Å². The van der Waals surface area contributed by atoms with Gasteiger partial charge in [-0.1, -0.05) is 24.3 Å². The highest BCUT2D eigenvalue weighted by Gasteiger charge is 2.13. The predicted molar refractivity (Wildman–Crippen MR) is 87.3 cm³/mol. The lowest BCUT2D eigenvalue weighted by Gasteiger charge is -2.03. The Morgan fingerprint density at radius 3 is 2.52 bits per heavy atom. The molecule has 1 heterocycles. The van der Waals surface area contributed by atoms with Crippen molar-refractivity contribution in [3.63, 3.8) is 0 Å². The molecule has 0 fully saturated rings. The van der Waals surface area contributed by atoms with Gasteiger partial charge in [-0.15, -0.1) is 11.3 Å². The third-order valence-electron chi connectivity index (χ3n) is 3.41. The van der Waals surface area contributed by atoms with Crippen LogP contribution in [0.2, 0.25) is 0 Å². The van der Waals surface area contributed by atoms with Crippen LogP contribution < -0.4 is 5.73 Å². The Morgan fingerprint density at radius 2 is 1.81 bits per heavy atom. The van der Waals surface area contributed by atoms with Crippen LogP contribution in [0.25, 0.3) is 21.8 Å². The molecule has 3 rings (SSSR count). The monoisotopic (exact) mass is 296 g/mol. The fourth-order valence-electron chi connectivity index (χ4n) is 2.31. The molecule has 0 saturated carbocycles. The number of aryl methyl sites for hydroxylation is 1. The molecule has 3 N–H and O–H groups in total. The van der Waals surface area contributed by atoms with Crippen molar-refractivity contribution >= 4 is 11.3 Å². The second-order valence-corrected chi connectivity index (χ2v) is 6.04. The normalized spacial score (nSPS) is 10.8. The highest BCUT2D eigenvalue weighted by atomic mass is 32.1. The second-order valence-electron chi connectivity index (χ2n) is 4.83. The molecule has 0 amide bonds. The summed E-state index contributed by atoms with van der Waals surface area (Å²) in [6.45, 7) is 2.57. The predicted octanol–water partition coefficient (Wildman–Crippen LogP) is 3.95. The summed E-state index contributed by atoms with van der Waals surface area (Å²) >= 11 is 1.67. The summed E-state index contributed by atoms with van der Waals surface area (Å²) in [5.41, 5.74) is 9.98. The maximum atomic E-state index is 9.39. The van der Waals surface area contributed by atoms with Gasteiger partial charge in [0.1, 0.15) is 10.8 Å². The minimum atomic E-state index is 0.264. The zero-order chi connectivity index (χ0) is 14.8. The van der Waals surface area contributed by atoms with E-state index < -0.39 is 0 Å². The lowest BCUT2D eigenvalue weighted by Crippen LogP contribution is -1.98. The molecule has 3 aromatic rings. The Bertz CT molecular complexity index is 763. The molecule has 0 saturated heterocycles. The Morgan fingerprint density at radius 1 is 1.10 bits per heavy atom. The molecule has 3 nitrogen and oxygen atoms in total. The average Bonchev–Trinajstić information content (AvgIpc) is 2.90. The van der Waals surface area contributed by atoms with Gasteiger partial charge < -0.3 is 10.8 Å². The standard InChI is InChI=1S/C17H16N2OS/c1-11-16(12-6-8-14(20)9-7-12)19-17(21-11)15-5-3-2-4-13(15)10-18/h2-9,20H,10,18H2,1H3. The third-order valence-corrected chi connectivity index (χ3v) is 4.41. The van der Waals surface area contributed by atoms with Gasteiger partial charge in [0.15, 0.2) is 0 Å². The highest BCUT2D eigenvalue weighted by Crippen LogP contribution is 2.35. The molecule has 106 valence electrons. The molecule has 4 heteroatoms. The topological polar surface area (TPSA) is 59.1 Å². The molecule has 0 unspecified atom stereocenters. The summed E-state index contributed by atoms with van der Waals surface area (Å²) in [5.74, 6) is 0.264. The van der Waals surface area contributed by atoms with E-state index in [2.05, 4.69) is 13.0 Å². The van der Waals surface area contributed by atoms with Crippen LogP contribution in [0.1, 0.15) is 10.4 Å². The summed E-state index contributed by atoms with van der Waals surface area (Å²) in [5, 5.41) is 10.4. The quantitative estimate of drug-likeness (QED) is 0.769. The van der Waals surface area contributed by atoms with Crippen molar-refractivity contribution < 1.29 is 5.11 Å². The third kappa shape index (κ3) is 2.68. The molecular weight excluding hydrogens is 280 g/mol. The number of nitrogens with two attached hydrogens (primary N) is 1. The fourth-order valence-corrected chi connectivity index (χ4v) is 3.30. The summed E-state index contributed by atoms with van der Waals surface area (Å²) in [7, 11) is 0. The number of aromatic nitrogens is 1. The molecule has 0 spiro atoms. The van der Waals surface area contributed by atoms with Crippen molar-refractivity contribution in [2.75, 3.05) is 0 Å². The summed E-state index contributed by atoms with van der Waals surface area (Å²) in [6.07, 6.45) is 0. The number of nitrogens with zero attached hydrogens (tertiary/aromatic N) is 1. The largest absolute Gasteiger partial charge is 0.508 e. The minimum absolute atomic E-state index is 0.264. The van der Waals surface area contributed by atoms with E-state index in [1.807, 2.05) is 30.3 Å². The van der Waals surface area contributed by atoms with E-state index in [4.69, 9.17) is 10.7 Å². The van der Waals surface area contributed by atoms with E-state index in [0.717, 1.165) is 32.3 Å². The smallest absolute Gasteiger partial charge is 0.124 e.